The summed E-state index contributed by atoms with van der Waals surface area (Å²) in [5.41, 5.74) is 0.866. The minimum atomic E-state index is -1.07. The number of hydrogen-bond donors (Lipinski definition) is 1. The standard InChI is InChI=1S/C14H11ClFNO2/c15-13-6-5-9(8-17-13)7-11(14(18)19)10-3-1-2-4-12(10)16/h1-6,8,11H,7H2,(H,18,19). The van der Waals surface area contributed by atoms with Crippen LogP contribution in [0.3, 0.4) is 0 Å². The Morgan fingerprint density at radius 1 is 1.32 bits per heavy atom. The second-order valence-electron chi connectivity index (χ2n) is 4.11. The van der Waals surface area contributed by atoms with E-state index in [-0.39, 0.29) is 12.0 Å². The molecule has 1 aromatic carbocycles. The lowest BCUT2D eigenvalue weighted by molar-refractivity contribution is -0.138. The Hall–Kier alpha value is -1.94. The Bertz CT molecular complexity index is 586. The molecule has 0 radical (unpaired) electrons. The van der Waals surface area contributed by atoms with Crippen molar-refractivity contribution in [2.24, 2.45) is 0 Å². The summed E-state index contributed by atoms with van der Waals surface area (Å²) in [6.45, 7) is 0. The van der Waals surface area contributed by atoms with Crippen LogP contribution in [0.25, 0.3) is 0 Å². The molecule has 3 nitrogen and oxygen atoms in total. The quantitative estimate of drug-likeness (QED) is 0.874. The lowest BCUT2D eigenvalue weighted by Gasteiger charge is -2.13. The zero-order valence-corrected chi connectivity index (χ0v) is 10.6. The predicted octanol–water partition coefficient (Wildman–Crippen LogP) is 3.29. The third kappa shape index (κ3) is 3.29. The zero-order chi connectivity index (χ0) is 13.8. The van der Waals surface area contributed by atoms with Crippen LogP contribution in [0.2, 0.25) is 5.15 Å². The monoisotopic (exact) mass is 279 g/mol. The van der Waals surface area contributed by atoms with E-state index < -0.39 is 17.7 Å². The highest BCUT2D eigenvalue weighted by Crippen LogP contribution is 2.24. The van der Waals surface area contributed by atoms with E-state index >= 15 is 0 Å². The molecule has 0 fully saturated rings. The largest absolute Gasteiger partial charge is 0.481 e. The van der Waals surface area contributed by atoms with E-state index in [1.165, 1.54) is 24.4 Å². The number of carboxylic acids is 1. The molecule has 19 heavy (non-hydrogen) atoms. The van der Waals surface area contributed by atoms with Gasteiger partial charge < -0.3 is 5.11 Å². The summed E-state index contributed by atoms with van der Waals surface area (Å²) in [6.07, 6.45) is 1.67. The van der Waals surface area contributed by atoms with Crippen molar-refractivity contribution in [2.75, 3.05) is 0 Å². The van der Waals surface area contributed by atoms with Crippen molar-refractivity contribution in [1.29, 1.82) is 0 Å². The van der Waals surface area contributed by atoms with Crippen LogP contribution in [-0.4, -0.2) is 16.1 Å². The predicted molar refractivity (Wildman–Crippen MR) is 69.7 cm³/mol. The second-order valence-corrected chi connectivity index (χ2v) is 4.49. The topological polar surface area (TPSA) is 50.2 Å². The molecule has 5 heteroatoms. The van der Waals surface area contributed by atoms with Gasteiger partial charge in [0.05, 0.1) is 5.92 Å². The van der Waals surface area contributed by atoms with Crippen LogP contribution >= 0.6 is 11.6 Å². The Morgan fingerprint density at radius 3 is 2.63 bits per heavy atom. The zero-order valence-electron chi connectivity index (χ0n) is 9.88. The van der Waals surface area contributed by atoms with Gasteiger partial charge in [-0.1, -0.05) is 35.9 Å². The number of halogens is 2. The van der Waals surface area contributed by atoms with Gasteiger partial charge in [0.15, 0.2) is 0 Å². The summed E-state index contributed by atoms with van der Waals surface area (Å²) >= 11 is 5.67. The first kappa shape index (κ1) is 13.5. The Kier molecular flexibility index (Phi) is 4.12. The maximum absolute atomic E-state index is 13.7. The van der Waals surface area contributed by atoms with Crippen molar-refractivity contribution < 1.29 is 14.3 Å². The number of benzene rings is 1. The molecular weight excluding hydrogens is 269 g/mol. The van der Waals surface area contributed by atoms with Gasteiger partial charge in [0.25, 0.3) is 0 Å². The highest BCUT2D eigenvalue weighted by Gasteiger charge is 2.23. The second kappa shape index (κ2) is 5.80. The molecule has 2 aromatic rings. The highest BCUT2D eigenvalue weighted by molar-refractivity contribution is 6.29. The normalized spacial score (nSPS) is 12.1. The molecule has 1 heterocycles. The average molecular weight is 280 g/mol. The van der Waals surface area contributed by atoms with Crippen molar-refractivity contribution >= 4 is 17.6 Å². The van der Waals surface area contributed by atoms with Gasteiger partial charge in [-0.05, 0) is 24.1 Å². The fourth-order valence-corrected chi connectivity index (χ4v) is 1.96. The molecule has 0 aliphatic carbocycles. The third-order valence-corrected chi connectivity index (χ3v) is 3.03. The average Bonchev–Trinajstić information content (AvgIpc) is 2.39. The van der Waals surface area contributed by atoms with Crippen molar-refractivity contribution in [1.82, 2.24) is 4.98 Å². The van der Waals surface area contributed by atoms with E-state index in [9.17, 15) is 14.3 Å². The van der Waals surface area contributed by atoms with Crippen LogP contribution in [0.4, 0.5) is 4.39 Å². The fraction of sp³-hybridized carbons (Fsp3) is 0.143. The third-order valence-electron chi connectivity index (χ3n) is 2.81. The number of aromatic nitrogens is 1. The first-order valence-corrected chi connectivity index (χ1v) is 6.03. The van der Waals surface area contributed by atoms with Gasteiger partial charge in [-0.25, -0.2) is 9.37 Å². The molecule has 98 valence electrons. The number of aliphatic carboxylic acids is 1. The first-order valence-electron chi connectivity index (χ1n) is 5.65. The van der Waals surface area contributed by atoms with Crippen LogP contribution in [0.15, 0.2) is 42.6 Å². The summed E-state index contributed by atoms with van der Waals surface area (Å²) in [5.74, 6) is -2.53. The molecule has 1 atom stereocenters. The molecule has 0 aliphatic heterocycles. The van der Waals surface area contributed by atoms with E-state index in [4.69, 9.17) is 11.6 Å². The summed E-state index contributed by atoms with van der Waals surface area (Å²) < 4.78 is 13.7. The molecular formula is C14H11ClFNO2. The smallest absolute Gasteiger partial charge is 0.311 e. The number of carboxylic acid groups (broad SMARTS) is 1. The molecule has 0 spiro atoms. The van der Waals surface area contributed by atoms with Gasteiger partial charge in [0.1, 0.15) is 11.0 Å². The maximum atomic E-state index is 13.7. The first-order chi connectivity index (χ1) is 9.08. The van der Waals surface area contributed by atoms with E-state index in [0.717, 1.165) is 0 Å². The van der Waals surface area contributed by atoms with Crippen molar-refractivity contribution in [3.63, 3.8) is 0 Å². The molecule has 0 saturated heterocycles. The summed E-state index contributed by atoms with van der Waals surface area (Å²) in [5, 5.41) is 9.59. The Labute approximate surface area is 114 Å². The van der Waals surface area contributed by atoms with E-state index in [2.05, 4.69) is 4.98 Å². The number of rotatable bonds is 4. The number of nitrogens with zero attached hydrogens (tertiary/aromatic N) is 1. The van der Waals surface area contributed by atoms with E-state index in [1.54, 1.807) is 18.2 Å². The summed E-state index contributed by atoms with van der Waals surface area (Å²) in [4.78, 5) is 15.2. The fourth-order valence-electron chi connectivity index (χ4n) is 1.85. The highest BCUT2D eigenvalue weighted by atomic mass is 35.5. The minimum absolute atomic E-state index is 0.167. The van der Waals surface area contributed by atoms with Gasteiger partial charge >= 0.3 is 5.97 Å². The number of pyridine rings is 1. The SMILES string of the molecule is O=C(O)C(Cc1ccc(Cl)nc1)c1ccccc1F. The lowest BCUT2D eigenvalue weighted by Crippen LogP contribution is -2.16. The van der Waals surface area contributed by atoms with Crippen LogP contribution in [0.1, 0.15) is 17.0 Å². The Balaban J connectivity index is 2.29. The van der Waals surface area contributed by atoms with E-state index in [0.29, 0.717) is 10.7 Å². The number of carbonyl (C=O) groups is 1. The van der Waals surface area contributed by atoms with Crippen molar-refractivity contribution in [3.8, 4) is 0 Å². The van der Waals surface area contributed by atoms with Gasteiger partial charge in [-0.2, -0.15) is 0 Å². The van der Waals surface area contributed by atoms with Crippen LogP contribution in [-0.2, 0) is 11.2 Å². The molecule has 0 aliphatic rings. The number of hydrogen-bond acceptors (Lipinski definition) is 2. The van der Waals surface area contributed by atoms with Crippen LogP contribution in [0.5, 0.6) is 0 Å². The van der Waals surface area contributed by atoms with Crippen LogP contribution < -0.4 is 0 Å². The van der Waals surface area contributed by atoms with Crippen molar-refractivity contribution in [3.05, 3.63) is 64.7 Å². The summed E-state index contributed by atoms with van der Waals surface area (Å²) in [6, 6.07) is 9.15. The molecule has 0 bridgehead atoms. The summed E-state index contributed by atoms with van der Waals surface area (Å²) in [7, 11) is 0. The lowest BCUT2D eigenvalue weighted by atomic mass is 9.92. The van der Waals surface area contributed by atoms with Crippen molar-refractivity contribution in [2.45, 2.75) is 12.3 Å². The maximum Gasteiger partial charge on any atom is 0.311 e. The molecule has 0 amide bonds. The van der Waals surface area contributed by atoms with Crippen LogP contribution in [0, 0.1) is 5.82 Å². The molecule has 1 unspecified atom stereocenters. The molecule has 1 N–H and O–H groups in total. The van der Waals surface area contributed by atoms with Gasteiger partial charge in [0.2, 0.25) is 0 Å². The molecule has 1 aromatic heterocycles. The molecule has 2 rings (SSSR count). The van der Waals surface area contributed by atoms with E-state index in [1.807, 2.05) is 0 Å². The van der Waals surface area contributed by atoms with Gasteiger partial charge in [-0.15, -0.1) is 0 Å². The Morgan fingerprint density at radius 2 is 2.05 bits per heavy atom. The molecule has 0 saturated carbocycles. The van der Waals surface area contributed by atoms with Gasteiger partial charge in [-0.3, -0.25) is 4.79 Å². The minimum Gasteiger partial charge on any atom is -0.481 e. The van der Waals surface area contributed by atoms with Gasteiger partial charge in [0, 0.05) is 11.8 Å².